The average Bonchev–Trinajstić information content (AvgIpc) is 2.88. The molecular weight excluding hydrogens is 328 g/mol. The predicted molar refractivity (Wildman–Crippen MR) is 98.8 cm³/mol. The molecule has 0 fully saturated rings. The lowest BCUT2D eigenvalue weighted by molar-refractivity contribution is 0.373. The second-order valence-electron chi connectivity index (χ2n) is 5.93. The van der Waals surface area contributed by atoms with Crippen LogP contribution in [0.15, 0.2) is 23.8 Å². The molecule has 0 saturated heterocycles. The summed E-state index contributed by atoms with van der Waals surface area (Å²) in [7, 11) is 1.48. The number of hydrogen-bond acceptors (Lipinski definition) is 6. The van der Waals surface area contributed by atoms with Crippen LogP contribution >= 0.6 is 0 Å². The predicted octanol–water partition coefficient (Wildman–Crippen LogP) is 3.41. The number of hydrogen-bond donors (Lipinski definition) is 2. The van der Waals surface area contributed by atoms with Gasteiger partial charge in [-0.05, 0) is 54.3 Å². The SMILES string of the molecule is COc1cc(/C=C2/C(C)=C(C#N)c3nc(N)c(C#N)c(C)c32)ccc1O. The molecular formula is C20H16N4O2. The van der Waals surface area contributed by atoms with Gasteiger partial charge < -0.3 is 15.6 Å². The van der Waals surface area contributed by atoms with E-state index in [1.165, 1.54) is 7.11 Å². The number of ether oxygens (including phenoxy) is 1. The lowest BCUT2D eigenvalue weighted by atomic mass is 9.95. The number of phenols is 1. The van der Waals surface area contributed by atoms with Crippen molar-refractivity contribution in [2.24, 2.45) is 0 Å². The van der Waals surface area contributed by atoms with Gasteiger partial charge in [0, 0.05) is 5.56 Å². The van der Waals surface area contributed by atoms with Crippen molar-refractivity contribution in [3.63, 3.8) is 0 Å². The summed E-state index contributed by atoms with van der Waals surface area (Å²) < 4.78 is 5.15. The first-order chi connectivity index (χ1) is 12.4. The number of benzene rings is 1. The molecule has 1 heterocycles. The molecule has 1 aromatic heterocycles. The number of rotatable bonds is 2. The molecule has 128 valence electrons. The summed E-state index contributed by atoms with van der Waals surface area (Å²) in [6.07, 6.45) is 1.88. The summed E-state index contributed by atoms with van der Waals surface area (Å²) in [4.78, 5) is 4.30. The molecule has 2 aromatic rings. The van der Waals surface area contributed by atoms with Crippen molar-refractivity contribution in [3.8, 4) is 23.6 Å². The minimum atomic E-state index is 0.0452. The molecule has 6 nitrogen and oxygen atoms in total. The Kier molecular flexibility index (Phi) is 4.11. The molecule has 0 saturated carbocycles. The van der Waals surface area contributed by atoms with Crippen molar-refractivity contribution < 1.29 is 9.84 Å². The summed E-state index contributed by atoms with van der Waals surface area (Å²) in [6.45, 7) is 3.64. The number of methoxy groups -OCH3 is 1. The highest BCUT2D eigenvalue weighted by molar-refractivity contribution is 6.08. The highest BCUT2D eigenvalue weighted by atomic mass is 16.5. The van der Waals surface area contributed by atoms with Crippen LogP contribution in [-0.2, 0) is 0 Å². The monoisotopic (exact) mass is 344 g/mol. The Hall–Kier alpha value is -3.77. The maximum atomic E-state index is 9.77. The van der Waals surface area contributed by atoms with Crippen LogP contribution in [0.1, 0.15) is 34.9 Å². The molecule has 1 aliphatic carbocycles. The summed E-state index contributed by atoms with van der Waals surface area (Å²) in [5, 5.41) is 28.7. The minimum Gasteiger partial charge on any atom is -0.504 e. The van der Waals surface area contributed by atoms with Crippen molar-refractivity contribution in [2.45, 2.75) is 13.8 Å². The highest BCUT2D eigenvalue weighted by Crippen LogP contribution is 2.44. The Balaban J connectivity index is 2.30. The summed E-state index contributed by atoms with van der Waals surface area (Å²) in [5.74, 6) is 0.519. The maximum absolute atomic E-state index is 9.77. The van der Waals surface area contributed by atoms with Crippen molar-refractivity contribution in [2.75, 3.05) is 12.8 Å². The van der Waals surface area contributed by atoms with Crippen molar-refractivity contribution >= 4 is 23.0 Å². The third-order valence-electron chi connectivity index (χ3n) is 4.50. The third-order valence-corrected chi connectivity index (χ3v) is 4.50. The van der Waals surface area contributed by atoms with Crippen LogP contribution in [0.2, 0.25) is 0 Å². The summed E-state index contributed by atoms with van der Waals surface area (Å²) in [6, 6.07) is 9.25. The molecule has 26 heavy (non-hydrogen) atoms. The molecule has 1 aromatic carbocycles. The minimum absolute atomic E-state index is 0.0452. The number of aromatic hydroxyl groups is 1. The number of fused-ring (bicyclic) bond motifs is 1. The number of anilines is 1. The van der Waals surface area contributed by atoms with E-state index in [9.17, 15) is 15.6 Å². The topological polar surface area (TPSA) is 116 Å². The second-order valence-corrected chi connectivity index (χ2v) is 5.93. The van der Waals surface area contributed by atoms with E-state index in [0.717, 1.165) is 22.3 Å². The van der Waals surface area contributed by atoms with Crippen molar-refractivity contribution in [1.29, 1.82) is 10.5 Å². The molecule has 6 heteroatoms. The van der Waals surface area contributed by atoms with Crippen LogP contribution < -0.4 is 10.5 Å². The Morgan fingerprint density at radius 1 is 1.23 bits per heavy atom. The number of nitrogen functional groups attached to an aromatic ring is 1. The molecule has 0 amide bonds. The van der Waals surface area contributed by atoms with Gasteiger partial charge in [0.15, 0.2) is 11.5 Å². The van der Waals surface area contributed by atoms with Crippen LogP contribution in [0.5, 0.6) is 11.5 Å². The lowest BCUT2D eigenvalue weighted by Gasteiger charge is -2.11. The number of nitrogens with two attached hydrogens (primary N) is 1. The molecule has 0 aliphatic heterocycles. The first-order valence-corrected chi connectivity index (χ1v) is 7.83. The Bertz CT molecular complexity index is 1080. The molecule has 3 N–H and O–H groups in total. The highest BCUT2D eigenvalue weighted by Gasteiger charge is 2.29. The standard InChI is InChI=1S/C20H16N4O2/c1-10-13(6-12-4-5-16(25)17(7-12)26-3)18-11(2)15(9-22)20(23)24-19(18)14(10)8-21/h4-7,25H,1-3H3,(H2,23,24)/b13-6-. The van der Waals surface area contributed by atoms with Gasteiger partial charge in [0.25, 0.3) is 0 Å². The van der Waals surface area contributed by atoms with E-state index in [4.69, 9.17) is 10.5 Å². The van der Waals surface area contributed by atoms with Gasteiger partial charge in [0.05, 0.1) is 23.9 Å². The van der Waals surface area contributed by atoms with Gasteiger partial charge >= 0.3 is 0 Å². The molecule has 0 radical (unpaired) electrons. The molecule has 3 rings (SSSR count). The smallest absolute Gasteiger partial charge is 0.161 e. The first kappa shape index (κ1) is 17.1. The normalized spacial score (nSPS) is 14.1. The number of nitrogens with zero attached hydrogens (tertiary/aromatic N) is 3. The number of nitriles is 2. The van der Waals surface area contributed by atoms with Crippen molar-refractivity contribution in [1.82, 2.24) is 4.98 Å². The fraction of sp³-hybridized carbons (Fsp3) is 0.150. The number of phenolic OH excluding ortho intramolecular Hbond substituents is 1. The van der Waals surface area contributed by atoms with Crippen LogP contribution in [-0.4, -0.2) is 17.2 Å². The summed E-state index contributed by atoms with van der Waals surface area (Å²) >= 11 is 0. The van der Waals surface area contributed by atoms with Gasteiger partial charge in [0.2, 0.25) is 0 Å². The third kappa shape index (κ3) is 2.45. The zero-order chi connectivity index (χ0) is 19.0. The van der Waals surface area contributed by atoms with E-state index in [1.54, 1.807) is 25.1 Å². The Morgan fingerprint density at radius 2 is 1.96 bits per heavy atom. The van der Waals surface area contributed by atoms with E-state index in [2.05, 4.69) is 17.1 Å². The van der Waals surface area contributed by atoms with E-state index in [0.29, 0.717) is 28.1 Å². The molecule has 0 atom stereocenters. The number of aromatic nitrogens is 1. The fourth-order valence-corrected chi connectivity index (χ4v) is 3.15. The average molecular weight is 344 g/mol. The number of allylic oxidation sites excluding steroid dienone is 3. The Labute approximate surface area is 151 Å². The van der Waals surface area contributed by atoms with Gasteiger partial charge in [-0.1, -0.05) is 6.07 Å². The lowest BCUT2D eigenvalue weighted by Crippen LogP contribution is -2.03. The summed E-state index contributed by atoms with van der Waals surface area (Å²) in [5.41, 5.74) is 10.9. The Morgan fingerprint density at radius 3 is 2.58 bits per heavy atom. The van der Waals surface area contributed by atoms with Gasteiger partial charge in [0.1, 0.15) is 18.0 Å². The largest absolute Gasteiger partial charge is 0.504 e. The van der Waals surface area contributed by atoms with Crippen LogP contribution in [0.4, 0.5) is 5.82 Å². The van der Waals surface area contributed by atoms with Crippen LogP contribution in [0.25, 0.3) is 17.2 Å². The second kappa shape index (κ2) is 6.27. The van der Waals surface area contributed by atoms with Gasteiger partial charge in [-0.3, -0.25) is 0 Å². The van der Waals surface area contributed by atoms with Crippen molar-refractivity contribution in [3.05, 3.63) is 51.7 Å². The fourth-order valence-electron chi connectivity index (χ4n) is 3.15. The van der Waals surface area contributed by atoms with Crippen LogP contribution in [0.3, 0.4) is 0 Å². The van der Waals surface area contributed by atoms with E-state index in [-0.39, 0.29) is 11.6 Å². The first-order valence-electron chi connectivity index (χ1n) is 7.83. The van der Waals surface area contributed by atoms with Gasteiger partial charge in [-0.2, -0.15) is 10.5 Å². The van der Waals surface area contributed by atoms with Gasteiger partial charge in [-0.15, -0.1) is 0 Å². The molecule has 0 spiro atoms. The van der Waals surface area contributed by atoms with Gasteiger partial charge in [-0.25, -0.2) is 4.98 Å². The van der Waals surface area contributed by atoms with E-state index >= 15 is 0 Å². The quantitative estimate of drug-likeness (QED) is 0.862. The zero-order valence-electron chi connectivity index (χ0n) is 14.6. The van der Waals surface area contributed by atoms with E-state index in [1.807, 2.05) is 13.0 Å². The molecule has 0 bridgehead atoms. The molecule has 1 aliphatic rings. The van der Waals surface area contributed by atoms with E-state index < -0.39 is 0 Å². The maximum Gasteiger partial charge on any atom is 0.161 e. The molecule has 0 unspecified atom stereocenters. The van der Waals surface area contributed by atoms with Crippen LogP contribution in [0, 0.1) is 29.6 Å². The number of pyridine rings is 1. The zero-order valence-corrected chi connectivity index (χ0v) is 14.6.